The molecule has 2 saturated carbocycles. The lowest BCUT2D eigenvalue weighted by Gasteiger charge is -2.28. The van der Waals surface area contributed by atoms with Crippen LogP contribution in [0.1, 0.15) is 45.4 Å². The van der Waals surface area contributed by atoms with Gasteiger partial charge in [-0.2, -0.15) is 0 Å². The quantitative estimate of drug-likeness (QED) is 0.443. The van der Waals surface area contributed by atoms with Crippen molar-refractivity contribution < 1.29 is 4.92 Å². The van der Waals surface area contributed by atoms with Gasteiger partial charge in [0.05, 0.1) is 4.92 Å². The normalized spacial score (nSPS) is 27.9. The molecule has 1 N–H and O–H groups in total. The van der Waals surface area contributed by atoms with E-state index in [4.69, 9.17) is 0 Å². The average molecular weight is 355 g/mol. The van der Waals surface area contributed by atoms with Crippen molar-refractivity contribution in [2.75, 3.05) is 6.54 Å². The van der Waals surface area contributed by atoms with E-state index in [2.05, 4.69) is 16.8 Å². The Hall–Kier alpha value is -1.88. The molecule has 2 aliphatic rings. The lowest BCUT2D eigenvalue weighted by Crippen LogP contribution is -2.34. The van der Waals surface area contributed by atoms with Crippen molar-refractivity contribution in [2.24, 2.45) is 17.8 Å². The monoisotopic (exact) mass is 355 g/mol. The zero-order chi connectivity index (χ0) is 18.1. The minimum atomic E-state index is -0.332. The molecular weight excluding hydrogens is 326 g/mol. The summed E-state index contributed by atoms with van der Waals surface area (Å²) in [6.45, 7) is 4.35. The number of hydrogen-bond donors (Lipinski definition) is 1. The first-order valence-electron chi connectivity index (χ1n) is 10.1. The predicted molar refractivity (Wildman–Crippen MR) is 104 cm³/mol. The lowest BCUT2D eigenvalue weighted by molar-refractivity contribution is -0.384. The zero-order valence-corrected chi connectivity index (χ0v) is 15.6. The molecule has 0 radical (unpaired) electrons. The summed E-state index contributed by atoms with van der Waals surface area (Å²) in [6.07, 6.45) is 10.2. The van der Waals surface area contributed by atoms with Gasteiger partial charge >= 0.3 is 0 Å². The van der Waals surface area contributed by atoms with Crippen LogP contribution in [0.3, 0.4) is 0 Å². The molecule has 0 spiro atoms. The van der Waals surface area contributed by atoms with Crippen molar-refractivity contribution in [3.8, 4) is 0 Å². The van der Waals surface area contributed by atoms with Gasteiger partial charge < -0.3 is 9.88 Å². The van der Waals surface area contributed by atoms with E-state index < -0.39 is 0 Å². The van der Waals surface area contributed by atoms with Crippen molar-refractivity contribution in [3.05, 3.63) is 40.6 Å². The molecule has 2 aromatic rings. The van der Waals surface area contributed by atoms with Crippen LogP contribution >= 0.6 is 0 Å². The van der Waals surface area contributed by atoms with Gasteiger partial charge in [-0.25, -0.2) is 0 Å². The Morgan fingerprint density at radius 3 is 2.92 bits per heavy atom. The van der Waals surface area contributed by atoms with Crippen LogP contribution in [0.15, 0.2) is 30.5 Å². The third-order valence-electron chi connectivity index (χ3n) is 6.62. The molecule has 2 bridgehead atoms. The van der Waals surface area contributed by atoms with Crippen molar-refractivity contribution >= 4 is 16.6 Å². The maximum absolute atomic E-state index is 10.9. The van der Waals surface area contributed by atoms with Crippen LogP contribution in [-0.4, -0.2) is 22.1 Å². The molecule has 5 nitrogen and oxygen atoms in total. The number of benzene rings is 1. The van der Waals surface area contributed by atoms with Crippen LogP contribution in [0.5, 0.6) is 0 Å². The fourth-order valence-electron chi connectivity index (χ4n) is 5.31. The number of nitrogens with one attached hydrogen (secondary N) is 1. The van der Waals surface area contributed by atoms with Crippen LogP contribution < -0.4 is 5.32 Å². The van der Waals surface area contributed by atoms with E-state index in [1.165, 1.54) is 32.1 Å². The second-order valence-electron chi connectivity index (χ2n) is 8.27. The van der Waals surface area contributed by atoms with Crippen molar-refractivity contribution in [2.45, 2.75) is 58.0 Å². The third-order valence-corrected chi connectivity index (χ3v) is 6.62. The average Bonchev–Trinajstić information content (AvgIpc) is 3.18. The minimum absolute atomic E-state index is 0.162. The van der Waals surface area contributed by atoms with Crippen LogP contribution in [0.25, 0.3) is 10.9 Å². The molecule has 2 aliphatic carbocycles. The van der Waals surface area contributed by atoms with E-state index in [-0.39, 0.29) is 10.6 Å². The summed E-state index contributed by atoms with van der Waals surface area (Å²) < 4.78 is 2.21. The standard InChI is InChI=1S/C21H29N3O2/c1-2-15-10-16-12-18(11-15)20(13-16)22-7-3-8-23-9-6-17-14-19(24(25)26)4-5-21(17)23/h4-6,9,14-16,18,20,22H,2-3,7-8,10-13H2,1H3. The summed E-state index contributed by atoms with van der Waals surface area (Å²) in [5, 5.41) is 15.7. The van der Waals surface area contributed by atoms with E-state index in [0.717, 1.165) is 54.2 Å². The van der Waals surface area contributed by atoms with Crippen molar-refractivity contribution in [3.63, 3.8) is 0 Å². The van der Waals surface area contributed by atoms with Gasteiger partial charge in [-0.05, 0) is 68.5 Å². The molecule has 1 aromatic carbocycles. The summed E-state index contributed by atoms with van der Waals surface area (Å²) in [5.74, 6) is 2.81. The molecule has 1 aromatic heterocycles. The Labute approximate surface area is 154 Å². The molecular formula is C21H29N3O2. The number of aromatic nitrogens is 1. The van der Waals surface area contributed by atoms with E-state index >= 15 is 0 Å². The summed E-state index contributed by atoms with van der Waals surface area (Å²) in [5.41, 5.74) is 1.24. The number of rotatable bonds is 7. The summed E-state index contributed by atoms with van der Waals surface area (Å²) in [6, 6.07) is 7.82. The predicted octanol–water partition coefficient (Wildman–Crippen LogP) is 4.74. The fourth-order valence-corrected chi connectivity index (χ4v) is 5.31. The van der Waals surface area contributed by atoms with Gasteiger partial charge in [0.1, 0.15) is 0 Å². The van der Waals surface area contributed by atoms with E-state index in [1.54, 1.807) is 12.1 Å². The van der Waals surface area contributed by atoms with E-state index in [1.807, 2.05) is 18.3 Å². The van der Waals surface area contributed by atoms with Gasteiger partial charge in [0.15, 0.2) is 0 Å². The van der Waals surface area contributed by atoms with Crippen LogP contribution in [0.4, 0.5) is 5.69 Å². The molecule has 0 amide bonds. The van der Waals surface area contributed by atoms with Crippen molar-refractivity contribution in [1.82, 2.24) is 9.88 Å². The Morgan fingerprint density at radius 2 is 2.12 bits per heavy atom. The number of nitro groups is 1. The zero-order valence-electron chi connectivity index (χ0n) is 15.6. The maximum Gasteiger partial charge on any atom is 0.270 e. The van der Waals surface area contributed by atoms with E-state index in [0.29, 0.717) is 0 Å². The second kappa shape index (κ2) is 7.39. The van der Waals surface area contributed by atoms with Crippen LogP contribution in [0.2, 0.25) is 0 Å². The highest BCUT2D eigenvalue weighted by molar-refractivity contribution is 5.82. The smallest absolute Gasteiger partial charge is 0.270 e. The molecule has 4 rings (SSSR count). The Kier molecular flexibility index (Phi) is 4.98. The molecule has 4 atom stereocenters. The second-order valence-corrected chi connectivity index (χ2v) is 8.27. The van der Waals surface area contributed by atoms with Gasteiger partial charge in [0.25, 0.3) is 5.69 Å². The highest BCUT2D eigenvalue weighted by atomic mass is 16.6. The Morgan fingerprint density at radius 1 is 1.23 bits per heavy atom. The maximum atomic E-state index is 10.9. The number of aryl methyl sites for hydroxylation is 1. The van der Waals surface area contributed by atoms with Crippen molar-refractivity contribution in [1.29, 1.82) is 0 Å². The number of hydrogen-bond acceptors (Lipinski definition) is 3. The number of fused-ring (bicyclic) bond motifs is 3. The summed E-state index contributed by atoms with van der Waals surface area (Å²) in [4.78, 5) is 10.6. The highest BCUT2D eigenvalue weighted by Gasteiger charge is 2.39. The van der Waals surface area contributed by atoms with Crippen LogP contribution in [0, 0.1) is 27.9 Å². The van der Waals surface area contributed by atoms with Gasteiger partial charge in [-0.15, -0.1) is 0 Å². The molecule has 0 aliphatic heterocycles. The summed E-state index contributed by atoms with van der Waals surface area (Å²) in [7, 11) is 0. The summed E-state index contributed by atoms with van der Waals surface area (Å²) >= 11 is 0. The number of nitrogens with zero attached hydrogens (tertiary/aromatic N) is 2. The first kappa shape index (κ1) is 17.5. The molecule has 140 valence electrons. The van der Waals surface area contributed by atoms with Gasteiger partial charge in [-0.1, -0.05) is 13.3 Å². The Bertz CT molecular complexity index is 785. The van der Waals surface area contributed by atoms with Crippen LogP contribution in [-0.2, 0) is 6.54 Å². The Balaban J connectivity index is 1.29. The number of nitro benzene ring substituents is 1. The fraction of sp³-hybridized carbons (Fsp3) is 0.619. The first-order valence-corrected chi connectivity index (χ1v) is 10.1. The lowest BCUT2D eigenvalue weighted by atomic mass is 9.79. The molecule has 4 unspecified atom stereocenters. The van der Waals surface area contributed by atoms with Gasteiger partial charge in [0, 0.05) is 41.8 Å². The topological polar surface area (TPSA) is 60.1 Å². The molecule has 2 fully saturated rings. The third kappa shape index (κ3) is 3.50. The molecule has 5 heteroatoms. The highest BCUT2D eigenvalue weighted by Crippen LogP contribution is 2.45. The van der Waals surface area contributed by atoms with E-state index in [9.17, 15) is 10.1 Å². The molecule has 1 heterocycles. The van der Waals surface area contributed by atoms with Gasteiger partial charge in [0.2, 0.25) is 0 Å². The largest absolute Gasteiger partial charge is 0.347 e. The van der Waals surface area contributed by atoms with Gasteiger partial charge in [-0.3, -0.25) is 10.1 Å². The minimum Gasteiger partial charge on any atom is -0.347 e. The SMILES string of the molecule is CCC1CC2CC(C1)C(NCCCn1ccc3cc([N+](=O)[O-])ccc31)C2. The molecule has 0 saturated heterocycles. The first-order chi connectivity index (χ1) is 12.6. The number of non-ortho nitro benzene ring substituents is 1. The molecule has 26 heavy (non-hydrogen) atoms.